The Morgan fingerprint density at radius 3 is 2.89 bits per heavy atom. The zero-order valence-corrected chi connectivity index (χ0v) is 10.9. The summed E-state index contributed by atoms with van der Waals surface area (Å²) >= 11 is 0. The van der Waals surface area contributed by atoms with Gasteiger partial charge < -0.3 is 0 Å². The van der Waals surface area contributed by atoms with Crippen LogP contribution in [0, 0.1) is 0 Å². The molecule has 0 aliphatic carbocycles. The molecule has 96 valence electrons. The maximum absolute atomic E-state index is 5.71. The molecule has 2 aromatic rings. The molecule has 2 rings (SSSR count). The summed E-state index contributed by atoms with van der Waals surface area (Å²) in [5, 5.41) is 1.19. The van der Waals surface area contributed by atoms with Crippen LogP contribution in [0.5, 0.6) is 0 Å². The Morgan fingerprint density at radius 1 is 1.22 bits per heavy atom. The van der Waals surface area contributed by atoms with Crippen LogP contribution in [0.3, 0.4) is 0 Å². The second kappa shape index (κ2) is 6.47. The van der Waals surface area contributed by atoms with Crippen molar-refractivity contribution in [2.24, 2.45) is 5.84 Å². The van der Waals surface area contributed by atoms with Gasteiger partial charge in [0.1, 0.15) is 0 Å². The fourth-order valence-electron chi connectivity index (χ4n) is 2.36. The van der Waals surface area contributed by atoms with E-state index in [4.69, 9.17) is 5.84 Å². The van der Waals surface area contributed by atoms with Gasteiger partial charge >= 0.3 is 0 Å². The number of rotatable bonds is 6. The molecule has 0 aliphatic rings. The van der Waals surface area contributed by atoms with Gasteiger partial charge in [0.15, 0.2) is 0 Å². The van der Waals surface area contributed by atoms with Crippen molar-refractivity contribution in [3.63, 3.8) is 0 Å². The van der Waals surface area contributed by atoms with E-state index in [1.54, 1.807) is 0 Å². The molecule has 0 fully saturated rings. The minimum absolute atomic E-state index is 0.212. The molecule has 18 heavy (non-hydrogen) atoms. The van der Waals surface area contributed by atoms with Gasteiger partial charge in [-0.2, -0.15) is 0 Å². The van der Waals surface area contributed by atoms with Crippen molar-refractivity contribution in [2.75, 3.05) is 0 Å². The molecule has 0 radical (unpaired) electrons. The zero-order chi connectivity index (χ0) is 12.8. The first-order chi connectivity index (χ1) is 8.86. The number of unbranched alkanes of at least 4 members (excludes halogenated alkanes) is 2. The average molecular weight is 243 g/mol. The second-order valence-corrected chi connectivity index (χ2v) is 4.63. The van der Waals surface area contributed by atoms with Crippen LogP contribution >= 0.6 is 0 Å². The van der Waals surface area contributed by atoms with Crippen molar-refractivity contribution < 1.29 is 0 Å². The van der Waals surface area contributed by atoms with E-state index in [0.29, 0.717) is 0 Å². The largest absolute Gasteiger partial charge is 0.271 e. The smallest absolute Gasteiger partial charge is 0.0705 e. The molecule has 1 aromatic heterocycles. The minimum Gasteiger partial charge on any atom is -0.271 e. The summed E-state index contributed by atoms with van der Waals surface area (Å²) < 4.78 is 0. The number of hydrogen-bond acceptors (Lipinski definition) is 3. The molecule has 1 atom stereocenters. The highest BCUT2D eigenvalue weighted by molar-refractivity contribution is 5.82. The third kappa shape index (κ3) is 2.86. The standard InChI is InChI=1S/C15H21N3/c1-2-3-4-9-15(18-16)13-7-5-10-14-12(13)8-6-11-17-14/h5-8,10-11,15,18H,2-4,9,16H2,1H3. The number of hydrazine groups is 1. The predicted molar refractivity (Wildman–Crippen MR) is 75.9 cm³/mol. The van der Waals surface area contributed by atoms with Crippen molar-refractivity contribution in [1.29, 1.82) is 0 Å². The van der Waals surface area contributed by atoms with E-state index in [1.165, 1.54) is 30.2 Å². The molecular weight excluding hydrogens is 222 g/mol. The van der Waals surface area contributed by atoms with Gasteiger partial charge in [0.2, 0.25) is 0 Å². The molecule has 0 saturated heterocycles. The van der Waals surface area contributed by atoms with E-state index >= 15 is 0 Å². The Balaban J connectivity index is 2.27. The van der Waals surface area contributed by atoms with Crippen LogP contribution in [-0.2, 0) is 0 Å². The van der Waals surface area contributed by atoms with E-state index in [1.807, 2.05) is 18.3 Å². The Kier molecular flexibility index (Phi) is 4.67. The number of nitrogens with two attached hydrogens (primary N) is 1. The van der Waals surface area contributed by atoms with Gasteiger partial charge in [0.25, 0.3) is 0 Å². The fraction of sp³-hybridized carbons (Fsp3) is 0.400. The third-order valence-corrected chi connectivity index (χ3v) is 3.35. The van der Waals surface area contributed by atoms with Gasteiger partial charge in [-0.15, -0.1) is 0 Å². The highest BCUT2D eigenvalue weighted by Gasteiger charge is 2.12. The lowest BCUT2D eigenvalue weighted by Gasteiger charge is -2.18. The average Bonchev–Trinajstić information content (AvgIpc) is 2.43. The number of aromatic nitrogens is 1. The Labute approximate surface area is 108 Å². The molecule has 3 N–H and O–H groups in total. The summed E-state index contributed by atoms with van der Waals surface area (Å²) in [6.45, 7) is 2.21. The topological polar surface area (TPSA) is 50.9 Å². The van der Waals surface area contributed by atoms with Crippen LogP contribution in [0.15, 0.2) is 36.5 Å². The van der Waals surface area contributed by atoms with E-state index in [-0.39, 0.29) is 6.04 Å². The lowest BCUT2D eigenvalue weighted by molar-refractivity contribution is 0.489. The molecule has 0 spiro atoms. The lowest BCUT2D eigenvalue weighted by Crippen LogP contribution is -2.28. The van der Waals surface area contributed by atoms with Crippen molar-refractivity contribution >= 4 is 10.9 Å². The van der Waals surface area contributed by atoms with Gasteiger partial charge in [-0.05, 0) is 24.1 Å². The van der Waals surface area contributed by atoms with Crippen LogP contribution in [0.1, 0.15) is 44.2 Å². The first-order valence-corrected chi connectivity index (χ1v) is 6.66. The second-order valence-electron chi connectivity index (χ2n) is 4.63. The quantitative estimate of drug-likeness (QED) is 0.465. The van der Waals surface area contributed by atoms with Gasteiger partial charge in [-0.3, -0.25) is 16.3 Å². The lowest BCUT2D eigenvalue weighted by atomic mass is 9.97. The number of pyridine rings is 1. The molecule has 1 aromatic carbocycles. The molecule has 3 nitrogen and oxygen atoms in total. The Morgan fingerprint density at radius 2 is 2.11 bits per heavy atom. The van der Waals surface area contributed by atoms with E-state index in [9.17, 15) is 0 Å². The summed E-state index contributed by atoms with van der Waals surface area (Å²) in [6, 6.07) is 10.5. The number of nitrogens with one attached hydrogen (secondary N) is 1. The van der Waals surface area contributed by atoms with E-state index in [0.717, 1.165) is 11.9 Å². The van der Waals surface area contributed by atoms with Gasteiger partial charge in [-0.1, -0.05) is 44.4 Å². The minimum atomic E-state index is 0.212. The number of hydrogen-bond donors (Lipinski definition) is 2. The molecule has 0 saturated carbocycles. The molecule has 0 bridgehead atoms. The van der Waals surface area contributed by atoms with Crippen LogP contribution < -0.4 is 11.3 Å². The van der Waals surface area contributed by atoms with Crippen molar-refractivity contribution in [3.8, 4) is 0 Å². The molecule has 1 unspecified atom stereocenters. The summed E-state index contributed by atoms with van der Waals surface area (Å²) in [5.41, 5.74) is 5.22. The van der Waals surface area contributed by atoms with Gasteiger partial charge in [0, 0.05) is 17.6 Å². The van der Waals surface area contributed by atoms with Gasteiger partial charge in [-0.25, -0.2) is 0 Å². The SMILES string of the molecule is CCCCCC(NN)c1cccc2ncccc12. The first-order valence-electron chi connectivity index (χ1n) is 6.66. The highest BCUT2D eigenvalue weighted by Crippen LogP contribution is 2.26. The number of fused-ring (bicyclic) bond motifs is 1. The van der Waals surface area contributed by atoms with Crippen LogP contribution in [-0.4, -0.2) is 4.98 Å². The summed E-state index contributed by atoms with van der Waals surface area (Å²) in [6.07, 6.45) is 6.57. The third-order valence-electron chi connectivity index (χ3n) is 3.35. The first kappa shape index (κ1) is 13.0. The molecular formula is C15H21N3. The predicted octanol–water partition coefficient (Wildman–Crippen LogP) is 3.32. The maximum Gasteiger partial charge on any atom is 0.0705 e. The molecule has 0 aliphatic heterocycles. The fourth-order valence-corrected chi connectivity index (χ4v) is 2.36. The van der Waals surface area contributed by atoms with E-state index < -0.39 is 0 Å². The summed E-state index contributed by atoms with van der Waals surface area (Å²) in [4.78, 5) is 4.39. The molecule has 1 heterocycles. The van der Waals surface area contributed by atoms with Crippen LogP contribution in [0.25, 0.3) is 10.9 Å². The van der Waals surface area contributed by atoms with Gasteiger partial charge in [0.05, 0.1) is 5.52 Å². The molecule has 0 amide bonds. The van der Waals surface area contributed by atoms with Crippen molar-refractivity contribution in [1.82, 2.24) is 10.4 Å². The van der Waals surface area contributed by atoms with Crippen LogP contribution in [0.4, 0.5) is 0 Å². The van der Waals surface area contributed by atoms with Crippen molar-refractivity contribution in [2.45, 2.75) is 38.6 Å². The monoisotopic (exact) mass is 243 g/mol. The number of benzene rings is 1. The Bertz CT molecular complexity index is 491. The van der Waals surface area contributed by atoms with Crippen LogP contribution in [0.2, 0.25) is 0 Å². The van der Waals surface area contributed by atoms with E-state index in [2.05, 4.69) is 35.5 Å². The number of nitrogens with zero attached hydrogens (tertiary/aromatic N) is 1. The van der Waals surface area contributed by atoms with Crippen molar-refractivity contribution in [3.05, 3.63) is 42.1 Å². The normalized spacial score (nSPS) is 12.8. The Hall–Kier alpha value is -1.45. The maximum atomic E-state index is 5.71. The highest BCUT2D eigenvalue weighted by atomic mass is 15.2. The molecule has 3 heteroatoms. The summed E-state index contributed by atoms with van der Waals surface area (Å²) in [5.74, 6) is 5.71. The zero-order valence-electron chi connectivity index (χ0n) is 10.9. The summed E-state index contributed by atoms with van der Waals surface area (Å²) in [7, 11) is 0.